The van der Waals surface area contributed by atoms with Crippen molar-refractivity contribution in [2.45, 2.75) is 64.4 Å². The Labute approximate surface area is 222 Å². The van der Waals surface area contributed by atoms with Crippen molar-refractivity contribution in [3.63, 3.8) is 0 Å². The van der Waals surface area contributed by atoms with E-state index in [9.17, 15) is 9.00 Å². The van der Waals surface area contributed by atoms with E-state index in [-0.39, 0.29) is 31.6 Å². The van der Waals surface area contributed by atoms with E-state index in [1.54, 1.807) is 13.0 Å². The van der Waals surface area contributed by atoms with Gasteiger partial charge in [0.05, 0.1) is 36.4 Å². The van der Waals surface area contributed by atoms with E-state index in [0.717, 1.165) is 12.8 Å². The maximum atomic E-state index is 13.2. The summed E-state index contributed by atoms with van der Waals surface area (Å²) in [6, 6.07) is 14.9. The molecule has 0 aliphatic rings. The van der Waals surface area contributed by atoms with Crippen molar-refractivity contribution in [3.8, 4) is 6.01 Å². The van der Waals surface area contributed by atoms with Gasteiger partial charge in [0.2, 0.25) is 0 Å². The summed E-state index contributed by atoms with van der Waals surface area (Å²) in [6.45, 7) is 4.01. The Balaban J connectivity index is 1.65. The molecule has 2 atom stereocenters. The van der Waals surface area contributed by atoms with Gasteiger partial charge in [0.1, 0.15) is 0 Å². The van der Waals surface area contributed by atoms with E-state index < -0.39 is 21.5 Å². The highest BCUT2D eigenvalue weighted by Gasteiger charge is 2.39. The molecule has 1 aromatic heterocycles. The normalized spacial score (nSPS) is 13.8. The molecule has 1 N–H and O–H groups in total. The minimum absolute atomic E-state index is 0.0402. The first-order valence-corrected chi connectivity index (χ1v) is 14.4. The minimum Gasteiger partial charge on any atom is -0.448 e. The number of carbonyl (C=O) groups is 1. The highest BCUT2D eigenvalue weighted by atomic mass is 32.2. The lowest BCUT2D eigenvalue weighted by Gasteiger charge is -2.27. The van der Waals surface area contributed by atoms with Crippen LogP contribution in [0.5, 0.6) is 6.01 Å². The topological polar surface area (TPSA) is 98.6 Å². The molecule has 2 aromatic carbocycles. The number of benzene rings is 2. The van der Waals surface area contributed by atoms with Crippen molar-refractivity contribution in [2.75, 3.05) is 25.6 Å². The zero-order valence-electron chi connectivity index (χ0n) is 21.9. The van der Waals surface area contributed by atoms with Gasteiger partial charge in [-0.15, -0.1) is 0 Å². The number of nitrogens with zero attached hydrogens (tertiary/aromatic N) is 2. The van der Waals surface area contributed by atoms with Gasteiger partial charge in [0.25, 0.3) is 5.12 Å². The summed E-state index contributed by atoms with van der Waals surface area (Å²) in [5.41, 5.74) is 1.21. The summed E-state index contributed by atoms with van der Waals surface area (Å²) in [5, 5.41) is 10.8. The van der Waals surface area contributed by atoms with Gasteiger partial charge in [-0.1, -0.05) is 56.2 Å². The average molecular weight is 527 g/mol. The molecule has 8 heteroatoms. The van der Waals surface area contributed by atoms with Crippen LogP contribution in [0.3, 0.4) is 0 Å². The second-order valence-corrected chi connectivity index (χ2v) is 10.8. The van der Waals surface area contributed by atoms with E-state index in [4.69, 9.17) is 14.6 Å². The van der Waals surface area contributed by atoms with E-state index in [2.05, 4.69) is 53.3 Å². The van der Waals surface area contributed by atoms with Gasteiger partial charge in [0, 0.05) is 12.4 Å². The summed E-state index contributed by atoms with van der Waals surface area (Å²) in [7, 11) is -1.81. The molecule has 0 aliphatic carbocycles. The summed E-state index contributed by atoms with van der Waals surface area (Å²) in [4.78, 5) is 21.4. The van der Waals surface area contributed by atoms with Gasteiger partial charge in [-0.2, -0.15) is 0 Å². The molecule has 3 aromatic rings. The number of carbonyl (C=O) groups excluding carboxylic acids is 1. The Kier molecular flexibility index (Phi) is 11.6. The third-order valence-electron chi connectivity index (χ3n) is 6.30. The van der Waals surface area contributed by atoms with Crippen LogP contribution in [0.15, 0.2) is 54.9 Å². The maximum absolute atomic E-state index is 13.2. The summed E-state index contributed by atoms with van der Waals surface area (Å²) in [5.74, 6) is 0.0402. The highest BCUT2D eigenvalue weighted by Crippen LogP contribution is 2.25. The Morgan fingerprint density at radius 1 is 0.973 bits per heavy atom. The van der Waals surface area contributed by atoms with Gasteiger partial charge in [-0.3, -0.25) is 9.00 Å². The Morgan fingerprint density at radius 2 is 1.62 bits per heavy atom. The predicted molar refractivity (Wildman–Crippen MR) is 147 cm³/mol. The summed E-state index contributed by atoms with van der Waals surface area (Å²) < 4.78 is 23.8. The third kappa shape index (κ3) is 8.98. The molecule has 7 nitrogen and oxygen atoms in total. The van der Waals surface area contributed by atoms with Crippen LogP contribution in [0.2, 0.25) is 0 Å². The molecular formula is C29H38N2O5S. The lowest BCUT2D eigenvalue weighted by atomic mass is 9.96. The molecule has 0 spiro atoms. The molecule has 1 heterocycles. The monoisotopic (exact) mass is 526 g/mol. The fourth-order valence-corrected chi connectivity index (χ4v) is 5.31. The van der Waals surface area contributed by atoms with Crippen LogP contribution in [0.25, 0.3) is 10.8 Å². The number of rotatable bonds is 16. The number of hydrogen-bond acceptors (Lipinski definition) is 7. The number of aliphatic hydroxyl groups is 1. The first-order chi connectivity index (χ1) is 17.9. The first-order valence-electron chi connectivity index (χ1n) is 13.0. The summed E-state index contributed by atoms with van der Waals surface area (Å²) in [6.07, 6.45) is 9.66. The molecule has 200 valence electrons. The zero-order valence-corrected chi connectivity index (χ0v) is 22.7. The fourth-order valence-electron chi connectivity index (χ4n) is 4.23. The number of aliphatic hydroxyl groups excluding tert-OH is 1. The van der Waals surface area contributed by atoms with E-state index >= 15 is 0 Å². The number of hydrogen-bond donors (Lipinski definition) is 1. The van der Waals surface area contributed by atoms with Gasteiger partial charge in [-0.05, 0) is 67.0 Å². The first kappa shape index (κ1) is 28.9. The molecular weight excluding hydrogens is 488 g/mol. The van der Waals surface area contributed by atoms with Crippen molar-refractivity contribution < 1.29 is 23.6 Å². The molecule has 0 saturated heterocycles. The van der Waals surface area contributed by atoms with Crippen molar-refractivity contribution in [3.05, 3.63) is 66.0 Å². The number of unbranched alkanes of at least 4 members (excludes halogenated alkanes) is 2. The quantitative estimate of drug-likeness (QED) is 0.268. The third-order valence-corrected chi connectivity index (χ3v) is 7.69. The van der Waals surface area contributed by atoms with E-state index in [1.165, 1.54) is 53.6 Å². The van der Waals surface area contributed by atoms with Crippen LogP contribution >= 0.6 is 0 Å². The molecule has 0 radical (unpaired) electrons. The van der Waals surface area contributed by atoms with Crippen molar-refractivity contribution in [1.82, 2.24) is 9.97 Å². The van der Waals surface area contributed by atoms with Crippen LogP contribution in [-0.2, 0) is 33.2 Å². The van der Waals surface area contributed by atoms with Crippen molar-refractivity contribution in [1.29, 1.82) is 0 Å². The molecule has 0 bridgehead atoms. The Bertz CT molecular complexity index is 1160. The molecule has 0 aliphatic heterocycles. The van der Waals surface area contributed by atoms with Crippen molar-refractivity contribution >= 4 is 26.7 Å². The molecule has 0 amide bonds. The van der Waals surface area contributed by atoms with Gasteiger partial charge in [-0.25, -0.2) is 9.97 Å². The SMILES string of the molecule is CCCCCc1ccc2cc(CCCC(C)(Oc3ncccn3)C(=O)S(=O)CCOCCO)ccc2c1. The van der Waals surface area contributed by atoms with E-state index in [1.807, 2.05) is 0 Å². The second kappa shape index (κ2) is 14.9. The number of aryl methyl sites for hydroxylation is 2. The predicted octanol–water partition coefficient (Wildman–Crippen LogP) is 4.81. The number of aromatic nitrogens is 2. The lowest BCUT2D eigenvalue weighted by Crippen LogP contribution is -2.45. The number of fused-ring (bicyclic) bond motifs is 1. The minimum atomic E-state index is -1.81. The number of ether oxygens (including phenoxy) is 2. The van der Waals surface area contributed by atoms with Crippen molar-refractivity contribution in [2.24, 2.45) is 0 Å². The Morgan fingerprint density at radius 3 is 2.24 bits per heavy atom. The Hall–Kier alpha value is -2.68. The lowest BCUT2D eigenvalue weighted by molar-refractivity contribution is -0.125. The highest BCUT2D eigenvalue weighted by molar-refractivity contribution is 8.00. The molecule has 0 fully saturated rings. The average Bonchev–Trinajstić information content (AvgIpc) is 2.91. The smallest absolute Gasteiger partial charge is 0.317 e. The van der Waals surface area contributed by atoms with Gasteiger partial charge < -0.3 is 14.6 Å². The van der Waals surface area contributed by atoms with Crippen LogP contribution in [0.1, 0.15) is 57.1 Å². The van der Waals surface area contributed by atoms with Crippen LogP contribution in [0.4, 0.5) is 0 Å². The van der Waals surface area contributed by atoms with Gasteiger partial charge in [0.15, 0.2) is 5.60 Å². The zero-order chi connectivity index (χ0) is 26.5. The van der Waals surface area contributed by atoms with E-state index in [0.29, 0.717) is 12.8 Å². The standard InChI is InChI=1S/C29H38N2O5S/c1-3-4-5-8-23-10-12-26-22-24(11-13-25(26)21-23)9-6-14-29(2,36-28-30-15-7-16-31-28)27(33)37(34)20-19-35-18-17-32/h7,10-13,15-16,21-22,32H,3-6,8-9,14,17-20H2,1-2H3. The van der Waals surface area contributed by atoms with Gasteiger partial charge >= 0.3 is 6.01 Å². The maximum Gasteiger partial charge on any atom is 0.317 e. The van der Waals surface area contributed by atoms with Crippen LogP contribution < -0.4 is 4.74 Å². The van der Waals surface area contributed by atoms with Crippen LogP contribution in [0, 0.1) is 0 Å². The molecule has 3 rings (SSSR count). The fraction of sp³-hybridized carbons (Fsp3) is 0.483. The summed E-state index contributed by atoms with van der Waals surface area (Å²) >= 11 is 0. The van der Waals surface area contributed by atoms with Crippen LogP contribution in [-0.4, -0.2) is 55.6 Å². The largest absolute Gasteiger partial charge is 0.448 e. The molecule has 2 unspecified atom stereocenters. The molecule has 37 heavy (non-hydrogen) atoms. The second-order valence-electron chi connectivity index (χ2n) is 9.36. The molecule has 0 saturated carbocycles.